The molecule has 1 unspecified atom stereocenters. The Labute approximate surface area is 127 Å². The van der Waals surface area contributed by atoms with E-state index in [1.165, 1.54) is 0 Å². The Bertz CT molecular complexity index is 799. The summed E-state index contributed by atoms with van der Waals surface area (Å²) in [5.41, 5.74) is -1.28. The van der Waals surface area contributed by atoms with Crippen LogP contribution in [0.5, 0.6) is 11.5 Å². The van der Waals surface area contributed by atoms with Gasteiger partial charge in [-0.15, -0.1) is 0 Å². The second-order valence-corrected chi connectivity index (χ2v) is 3.29. The van der Waals surface area contributed by atoms with Crippen LogP contribution in [-0.4, -0.2) is 52.5 Å². The molecule has 0 bridgehead atoms. The standard InChI is InChI=1S/C12H13NO8/c1-13(11(16)17)5-8(15)7-2-3-9(20-6-14)10(4-7)21-12(18)19/h2-4,6,8,15H,5H2,1H3,(H,16,17)(H,18,19)/i2D,3D,4D,5D2,8D. The molecule has 0 fully saturated rings. The normalized spacial score (nSPS) is 17.6. The van der Waals surface area contributed by atoms with Gasteiger partial charge in [-0.3, -0.25) is 4.79 Å². The summed E-state index contributed by atoms with van der Waals surface area (Å²) in [6.07, 6.45) is -7.60. The molecule has 3 N–H and O–H groups in total. The van der Waals surface area contributed by atoms with Crippen LogP contribution in [0, 0.1) is 0 Å². The highest BCUT2D eigenvalue weighted by Crippen LogP contribution is 2.30. The fraction of sp³-hybridized carbons (Fsp3) is 0.250. The molecular formula is C12H13NO8. The molecule has 1 atom stereocenters. The molecule has 0 aliphatic heterocycles. The molecule has 21 heavy (non-hydrogen) atoms. The number of carboxylic acid groups (broad SMARTS) is 2. The lowest BCUT2D eigenvalue weighted by molar-refractivity contribution is -0.120. The summed E-state index contributed by atoms with van der Waals surface area (Å²) < 4.78 is 55.2. The van der Waals surface area contributed by atoms with Gasteiger partial charge >= 0.3 is 12.2 Å². The van der Waals surface area contributed by atoms with Crippen LogP contribution in [0.4, 0.5) is 9.59 Å². The fourth-order valence-electron chi connectivity index (χ4n) is 1.05. The van der Waals surface area contributed by atoms with Crippen molar-refractivity contribution in [2.45, 2.75) is 6.08 Å². The van der Waals surface area contributed by atoms with Gasteiger partial charge in [0.05, 0.1) is 20.8 Å². The van der Waals surface area contributed by atoms with E-state index < -0.39 is 60.0 Å². The first-order valence-electron chi connectivity index (χ1n) is 8.06. The molecule has 0 spiro atoms. The van der Waals surface area contributed by atoms with Gasteiger partial charge in [0.15, 0.2) is 11.5 Å². The predicted molar refractivity (Wildman–Crippen MR) is 67.4 cm³/mol. The molecule has 0 saturated carbocycles. The van der Waals surface area contributed by atoms with Gasteiger partial charge in [0.25, 0.3) is 6.47 Å². The minimum absolute atomic E-state index is 0.115. The summed E-state index contributed by atoms with van der Waals surface area (Å²) in [6.45, 7) is -3.71. The summed E-state index contributed by atoms with van der Waals surface area (Å²) >= 11 is 0. The molecule has 0 saturated heterocycles. The summed E-state index contributed by atoms with van der Waals surface area (Å²) in [4.78, 5) is 32.2. The number of carbonyl (C=O) groups is 3. The average molecular weight is 305 g/mol. The van der Waals surface area contributed by atoms with Crippen molar-refractivity contribution in [2.24, 2.45) is 0 Å². The Morgan fingerprint density at radius 2 is 2.19 bits per heavy atom. The Morgan fingerprint density at radius 3 is 2.71 bits per heavy atom. The average Bonchev–Trinajstić information content (AvgIpc) is 2.54. The lowest BCUT2D eigenvalue weighted by Crippen LogP contribution is -2.29. The number of likely N-dealkylation sites (N-methyl/N-ethyl adjacent to an activating group) is 1. The zero-order valence-electron chi connectivity index (χ0n) is 16.4. The van der Waals surface area contributed by atoms with E-state index in [0.29, 0.717) is 7.05 Å². The van der Waals surface area contributed by atoms with Crippen LogP contribution in [-0.2, 0) is 4.79 Å². The van der Waals surface area contributed by atoms with Crippen molar-refractivity contribution < 1.29 is 47.4 Å². The van der Waals surface area contributed by atoms with Gasteiger partial charge < -0.3 is 29.7 Å². The molecule has 1 rings (SSSR count). The lowest BCUT2D eigenvalue weighted by atomic mass is 10.1. The Hall–Kier alpha value is -2.81. The van der Waals surface area contributed by atoms with Crippen LogP contribution in [0.1, 0.15) is 19.9 Å². The third-order valence-electron chi connectivity index (χ3n) is 1.90. The first-order chi connectivity index (χ1) is 12.2. The van der Waals surface area contributed by atoms with Gasteiger partial charge in [0, 0.05) is 7.05 Å². The minimum Gasteiger partial charge on any atom is -0.465 e. The largest absolute Gasteiger partial charge is 0.511 e. The number of nitrogens with zero attached hydrogens (tertiary/aromatic N) is 1. The monoisotopic (exact) mass is 305 g/mol. The minimum atomic E-state index is -3.65. The van der Waals surface area contributed by atoms with Crippen LogP contribution >= 0.6 is 0 Å². The van der Waals surface area contributed by atoms with Gasteiger partial charge in [0.2, 0.25) is 0 Å². The first kappa shape index (κ1) is 9.19. The summed E-state index contributed by atoms with van der Waals surface area (Å²) in [5, 5.41) is 28.0. The lowest BCUT2D eigenvalue weighted by Gasteiger charge is -2.18. The molecule has 1 aromatic rings. The van der Waals surface area contributed by atoms with Crippen LogP contribution in [0.2, 0.25) is 0 Å². The third-order valence-corrected chi connectivity index (χ3v) is 1.90. The molecule has 1 aromatic carbocycles. The molecule has 0 aliphatic carbocycles. The van der Waals surface area contributed by atoms with E-state index in [-0.39, 0.29) is 11.4 Å². The maximum atomic E-state index is 11.0. The molecule has 114 valence electrons. The number of hydrogen-bond acceptors (Lipinski definition) is 6. The molecule has 0 heterocycles. The van der Waals surface area contributed by atoms with Crippen LogP contribution < -0.4 is 9.47 Å². The number of rotatable bonds is 6. The second kappa shape index (κ2) is 7.10. The summed E-state index contributed by atoms with van der Waals surface area (Å²) in [5.74, 6) is -2.15. The van der Waals surface area contributed by atoms with Crippen LogP contribution in [0.15, 0.2) is 18.1 Å². The van der Waals surface area contributed by atoms with Gasteiger partial charge in [-0.05, 0) is 17.6 Å². The Balaban J connectivity index is 3.88. The van der Waals surface area contributed by atoms with E-state index in [9.17, 15) is 19.5 Å². The van der Waals surface area contributed by atoms with Crippen molar-refractivity contribution in [3.05, 3.63) is 23.7 Å². The number of ether oxygens (including phenoxy) is 2. The molecule has 9 nitrogen and oxygen atoms in total. The van der Waals surface area contributed by atoms with Gasteiger partial charge in [-0.2, -0.15) is 0 Å². The SMILES string of the molecule is [2H]c1c([2H])c(C([2H])(O)C([2H])([2H])N(C)C(=O)O)c([2H])c(OC(=O)O)c1OC=O. The molecule has 1 amide bonds. The second-order valence-electron chi connectivity index (χ2n) is 3.29. The van der Waals surface area contributed by atoms with E-state index >= 15 is 0 Å². The summed E-state index contributed by atoms with van der Waals surface area (Å²) in [6, 6.07) is -3.56. The number of benzene rings is 1. The van der Waals surface area contributed by atoms with E-state index in [1.807, 2.05) is 0 Å². The number of carbonyl (C=O) groups excluding carboxylic acids is 1. The van der Waals surface area contributed by atoms with Gasteiger partial charge in [0.1, 0.15) is 0 Å². The molecule has 9 heteroatoms. The zero-order valence-corrected chi connectivity index (χ0v) is 10.4. The molecular weight excluding hydrogens is 286 g/mol. The van der Waals surface area contributed by atoms with E-state index in [0.717, 1.165) is 0 Å². The molecule has 0 aromatic heterocycles. The van der Waals surface area contributed by atoms with Crippen molar-refractivity contribution in [3.63, 3.8) is 0 Å². The molecule has 0 radical (unpaired) electrons. The highest BCUT2D eigenvalue weighted by Gasteiger charge is 2.17. The Kier molecular flexibility index (Phi) is 3.11. The third kappa shape index (κ3) is 4.66. The smallest absolute Gasteiger partial charge is 0.465 e. The topological polar surface area (TPSA) is 134 Å². The van der Waals surface area contributed by atoms with E-state index in [2.05, 4.69) is 9.47 Å². The number of hydrogen-bond donors (Lipinski definition) is 3. The number of aliphatic hydroxyl groups is 1. The van der Waals surface area contributed by atoms with Crippen LogP contribution in [0.3, 0.4) is 0 Å². The zero-order chi connectivity index (χ0) is 21.3. The van der Waals surface area contributed by atoms with Crippen LogP contribution in [0.25, 0.3) is 0 Å². The highest BCUT2D eigenvalue weighted by atomic mass is 16.7. The van der Waals surface area contributed by atoms with Gasteiger partial charge in [-0.25, -0.2) is 9.59 Å². The number of amides is 1. The Morgan fingerprint density at radius 1 is 1.52 bits per heavy atom. The van der Waals surface area contributed by atoms with Crippen molar-refractivity contribution >= 4 is 18.7 Å². The van der Waals surface area contributed by atoms with Crippen molar-refractivity contribution in [2.75, 3.05) is 13.5 Å². The van der Waals surface area contributed by atoms with E-state index in [4.69, 9.17) is 18.4 Å². The van der Waals surface area contributed by atoms with Crippen molar-refractivity contribution in [1.29, 1.82) is 0 Å². The van der Waals surface area contributed by atoms with E-state index in [1.54, 1.807) is 0 Å². The quantitative estimate of drug-likeness (QED) is 0.401. The summed E-state index contributed by atoms with van der Waals surface area (Å²) in [7, 11) is 0.662. The van der Waals surface area contributed by atoms with Crippen molar-refractivity contribution in [1.82, 2.24) is 4.90 Å². The molecule has 0 aliphatic rings. The first-order valence-corrected chi connectivity index (χ1v) is 5.06. The van der Waals surface area contributed by atoms with Crippen molar-refractivity contribution in [3.8, 4) is 11.5 Å². The maximum absolute atomic E-state index is 11.0. The van der Waals surface area contributed by atoms with Gasteiger partial charge in [-0.1, -0.05) is 6.04 Å². The fourth-order valence-corrected chi connectivity index (χ4v) is 1.05. The maximum Gasteiger partial charge on any atom is 0.511 e. The predicted octanol–water partition coefficient (Wildman–Crippen LogP) is 0.922. The highest BCUT2D eigenvalue weighted by molar-refractivity contribution is 5.65.